The Labute approximate surface area is 157 Å². The average Bonchev–Trinajstić information content (AvgIpc) is 3.14. The molecule has 0 atom stereocenters. The first-order chi connectivity index (χ1) is 13.1. The van der Waals surface area contributed by atoms with Gasteiger partial charge < -0.3 is 25.3 Å². The first kappa shape index (κ1) is 17.0. The van der Waals surface area contributed by atoms with Gasteiger partial charge in [-0.05, 0) is 36.2 Å². The van der Waals surface area contributed by atoms with Crippen LogP contribution in [-0.4, -0.2) is 23.9 Å². The van der Waals surface area contributed by atoms with Crippen molar-refractivity contribution in [2.24, 2.45) is 0 Å². The highest BCUT2D eigenvalue weighted by atomic mass is 16.7. The van der Waals surface area contributed by atoms with Crippen LogP contribution in [0, 0.1) is 6.92 Å². The van der Waals surface area contributed by atoms with Gasteiger partial charge in [0.25, 0.3) is 0 Å². The van der Waals surface area contributed by atoms with Gasteiger partial charge in [0, 0.05) is 18.2 Å². The number of nitrogens with one attached hydrogen (secondary N) is 1. The van der Waals surface area contributed by atoms with Gasteiger partial charge in [0.15, 0.2) is 11.5 Å². The number of aryl methyl sites for hydroxylation is 1. The molecule has 0 spiro atoms. The van der Waals surface area contributed by atoms with Crippen molar-refractivity contribution in [1.82, 2.24) is 9.97 Å². The molecule has 0 saturated heterocycles. The highest BCUT2D eigenvalue weighted by Gasteiger charge is 2.13. The molecular formula is C20H20N4O3. The van der Waals surface area contributed by atoms with Crippen LogP contribution in [0.15, 0.2) is 42.5 Å². The Morgan fingerprint density at radius 3 is 2.78 bits per heavy atom. The Kier molecular flexibility index (Phi) is 4.42. The number of rotatable bonds is 5. The van der Waals surface area contributed by atoms with Gasteiger partial charge in [-0.15, -0.1) is 0 Å². The SMILES string of the molecule is COc1cc(-c2cc(NCc3ccc4c(c3)OCO4)nc(N)n2)ccc1C. The maximum atomic E-state index is 5.91. The lowest BCUT2D eigenvalue weighted by molar-refractivity contribution is 0.174. The second-order valence-electron chi connectivity index (χ2n) is 6.22. The molecule has 3 N–H and O–H groups in total. The van der Waals surface area contributed by atoms with Crippen LogP contribution in [0.1, 0.15) is 11.1 Å². The molecule has 0 bridgehead atoms. The molecule has 0 amide bonds. The largest absolute Gasteiger partial charge is 0.496 e. The van der Waals surface area contributed by atoms with Crippen LogP contribution in [0.2, 0.25) is 0 Å². The zero-order chi connectivity index (χ0) is 18.8. The van der Waals surface area contributed by atoms with Crippen LogP contribution in [0.5, 0.6) is 17.2 Å². The lowest BCUT2D eigenvalue weighted by atomic mass is 10.1. The van der Waals surface area contributed by atoms with Crippen molar-refractivity contribution in [3.8, 4) is 28.5 Å². The van der Waals surface area contributed by atoms with E-state index in [-0.39, 0.29) is 12.7 Å². The van der Waals surface area contributed by atoms with Crippen molar-refractivity contribution in [3.63, 3.8) is 0 Å². The molecule has 1 aliphatic rings. The van der Waals surface area contributed by atoms with Gasteiger partial charge in [-0.3, -0.25) is 0 Å². The van der Waals surface area contributed by atoms with Crippen LogP contribution in [0.3, 0.4) is 0 Å². The summed E-state index contributed by atoms with van der Waals surface area (Å²) in [6, 6.07) is 13.6. The van der Waals surface area contributed by atoms with E-state index in [1.165, 1.54) is 0 Å². The third-order valence-electron chi connectivity index (χ3n) is 4.36. The molecule has 27 heavy (non-hydrogen) atoms. The van der Waals surface area contributed by atoms with E-state index in [0.29, 0.717) is 12.4 Å². The van der Waals surface area contributed by atoms with E-state index in [1.54, 1.807) is 7.11 Å². The third-order valence-corrected chi connectivity index (χ3v) is 4.36. The number of benzene rings is 2. The maximum absolute atomic E-state index is 5.91. The zero-order valence-corrected chi connectivity index (χ0v) is 15.2. The molecule has 4 rings (SSSR count). The van der Waals surface area contributed by atoms with E-state index in [2.05, 4.69) is 15.3 Å². The first-order valence-corrected chi connectivity index (χ1v) is 8.54. The van der Waals surface area contributed by atoms with Gasteiger partial charge in [-0.2, -0.15) is 4.98 Å². The molecule has 1 aromatic heterocycles. The number of nitrogen functional groups attached to an aromatic ring is 1. The number of aromatic nitrogens is 2. The Morgan fingerprint density at radius 1 is 1.07 bits per heavy atom. The summed E-state index contributed by atoms with van der Waals surface area (Å²) in [7, 11) is 1.65. The van der Waals surface area contributed by atoms with Crippen molar-refractivity contribution >= 4 is 11.8 Å². The van der Waals surface area contributed by atoms with E-state index >= 15 is 0 Å². The standard InChI is InChI=1S/C20H20N4O3/c1-12-3-5-14(8-17(12)25-2)15-9-19(24-20(21)23-15)22-10-13-4-6-16-18(7-13)27-11-26-16/h3-9H,10-11H2,1-2H3,(H3,21,22,23,24). The fourth-order valence-electron chi connectivity index (χ4n) is 2.93. The van der Waals surface area contributed by atoms with Crippen LogP contribution in [0.4, 0.5) is 11.8 Å². The predicted octanol–water partition coefficient (Wildman–Crippen LogP) is 3.38. The summed E-state index contributed by atoms with van der Waals surface area (Å²) in [5.41, 5.74) is 9.67. The minimum Gasteiger partial charge on any atom is -0.496 e. The number of hydrogen-bond acceptors (Lipinski definition) is 7. The molecule has 0 fully saturated rings. The van der Waals surface area contributed by atoms with E-state index in [0.717, 1.165) is 39.6 Å². The van der Waals surface area contributed by atoms with Gasteiger partial charge in [0.1, 0.15) is 11.6 Å². The normalized spacial score (nSPS) is 12.1. The van der Waals surface area contributed by atoms with Crippen LogP contribution in [-0.2, 0) is 6.54 Å². The summed E-state index contributed by atoms with van der Waals surface area (Å²) < 4.78 is 16.1. The lowest BCUT2D eigenvalue weighted by Gasteiger charge is -2.11. The van der Waals surface area contributed by atoms with Crippen molar-refractivity contribution in [3.05, 3.63) is 53.6 Å². The zero-order valence-electron chi connectivity index (χ0n) is 15.2. The smallest absolute Gasteiger partial charge is 0.231 e. The van der Waals surface area contributed by atoms with Crippen LogP contribution < -0.4 is 25.3 Å². The number of ether oxygens (including phenoxy) is 3. The van der Waals surface area contributed by atoms with Gasteiger partial charge in [0.05, 0.1) is 12.8 Å². The summed E-state index contributed by atoms with van der Waals surface area (Å²) in [5.74, 6) is 3.18. The second kappa shape index (κ2) is 7.03. The highest BCUT2D eigenvalue weighted by molar-refractivity contribution is 5.66. The van der Waals surface area contributed by atoms with Gasteiger partial charge >= 0.3 is 0 Å². The van der Waals surface area contributed by atoms with Gasteiger partial charge in [0.2, 0.25) is 12.7 Å². The van der Waals surface area contributed by atoms with Crippen molar-refractivity contribution < 1.29 is 14.2 Å². The number of methoxy groups -OCH3 is 1. The van der Waals surface area contributed by atoms with Crippen LogP contribution in [0.25, 0.3) is 11.3 Å². The van der Waals surface area contributed by atoms with Gasteiger partial charge in [-0.1, -0.05) is 18.2 Å². The molecule has 7 heteroatoms. The minimum atomic E-state index is 0.209. The molecule has 1 aliphatic heterocycles. The number of nitrogens with zero attached hydrogens (tertiary/aromatic N) is 2. The number of hydrogen-bond donors (Lipinski definition) is 2. The van der Waals surface area contributed by atoms with Crippen molar-refractivity contribution in [2.75, 3.05) is 25.0 Å². The third kappa shape index (κ3) is 3.57. The van der Waals surface area contributed by atoms with Gasteiger partial charge in [-0.25, -0.2) is 4.98 Å². The predicted molar refractivity (Wildman–Crippen MR) is 103 cm³/mol. The van der Waals surface area contributed by atoms with Crippen molar-refractivity contribution in [1.29, 1.82) is 0 Å². The minimum absolute atomic E-state index is 0.209. The topological polar surface area (TPSA) is 91.5 Å². The Hall–Kier alpha value is -3.48. The molecule has 3 aromatic rings. The molecule has 138 valence electrons. The lowest BCUT2D eigenvalue weighted by Crippen LogP contribution is -2.05. The monoisotopic (exact) mass is 364 g/mol. The molecule has 7 nitrogen and oxygen atoms in total. The Bertz CT molecular complexity index is 991. The quantitative estimate of drug-likeness (QED) is 0.717. The summed E-state index contributed by atoms with van der Waals surface area (Å²) in [5, 5.41) is 3.28. The second-order valence-corrected chi connectivity index (χ2v) is 6.22. The average molecular weight is 364 g/mol. The maximum Gasteiger partial charge on any atom is 0.231 e. The fraction of sp³-hybridized carbons (Fsp3) is 0.200. The van der Waals surface area contributed by atoms with E-state index in [9.17, 15) is 0 Å². The summed E-state index contributed by atoms with van der Waals surface area (Å²) in [6.45, 7) is 2.83. The summed E-state index contributed by atoms with van der Waals surface area (Å²) in [4.78, 5) is 8.62. The molecule has 2 heterocycles. The highest BCUT2D eigenvalue weighted by Crippen LogP contribution is 2.33. The molecule has 0 saturated carbocycles. The summed E-state index contributed by atoms with van der Waals surface area (Å²) in [6.07, 6.45) is 0. The molecule has 0 aliphatic carbocycles. The molecule has 0 unspecified atom stereocenters. The Morgan fingerprint density at radius 2 is 1.93 bits per heavy atom. The first-order valence-electron chi connectivity index (χ1n) is 8.54. The van der Waals surface area contributed by atoms with Crippen LogP contribution >= 0.6 is 0 Å². The summed E-state index contributed by atoms with van der Waals surface area (Å²) >= 11 is 0. The number of nitrogens with two attached hydrogens (primary N) is 1. The number of fused-ring (bicyclic) bond motifs is 1. The van der Waals surface area contributed by atoms with E-state index < -0.39 is 0 Å². The fourth-order valence-corrected chi connectivity index (χ4v) is 2.93. The Balaban J connectivity index is 1.55. The molecule has 2 aromatic carbocycles. The van der Waals surface area contributed by atoms with E-state index in [1.807, 2.05) is 49.4 Å². The molecular weight excluding hydrogens is 344 g/mol. The van der Waals surface area contributed by atoms with E-state index in [4.69, 9.17) is 19.9 Å². The molecule has 0 radical (unpaired) electrons. The number of anilines is 2. The van der Waals surface area contributed by atoms with Crippen molar-refractivity contribution in [2.45, 2.75) is 13.5 Å².